The van der Waals surface area contributed by atoms with Crippen LogP contribution < -0.4 is 0 Å². The van der Waals surface area contributed by atoms with E-state index in [4.69, 9.17) is 0 Å². The van der Waals surface area contributed by atoms with Gasteiger partial charge in [-0.05, 0) is 25.7 Å². The van der Waals surface area contributed by atoms with E-state index < -0.39 is 5.54 Å². The smallest absolute Gasteiger partial charge is 0.234 e. The normalized spacial score (nSPS) is 20.7. The van der Waals surface area contributed by atoms with E-state index in [-0.39, 0.29) is 11.7 Å². The number of hydrogen-bond acceptors (Lipinski definition) is 5. The molecule has 0 aromatic carbocycles. The largest absolute Gasteiger partial charge is 0.326 e. The van der Waals surface area contributed by atoms with Gasteiger partial charge in [0.15, 0.2) is 0 Å². The first-order valence-corrected chi connectivity index (χ1v) is 9.86. The number of nitriles is 1. The van der Waals surface area contributed by atoms with Crippen molar-refractivity contribution in [1.82, 2.24) is 20.1 Å². The van der Waals surface area contributed by atoms with Crippen LogP contribution in [0.2, 0.25) is 0 Å². The van der Waals surface area contributed by atoms with Gasteiger partial charge in [-0.1, -0.05) is 43.9 Å². The monoisotopic (exact) mass is 347 g/mol. The molecule has 2 aliphatic rings. The molecule has 3 rings (SSSR count). The summed E-state index contributed by atoms with van der Waals surface area (Å²) < 4.78 is 0. The predicted molar refractivity (Wildman–Crippen MR) is 92.5 cm³/mol. The van der Waals surface area contributed by atoms with Gasteiger partial charge in [0.05, 0.1) is 11.8 Å². The topological polar surface area (TPSA) is 85.7 Å². The lowest BCUT2D eigenvalue weighted by Crippen LogP contribution is -2.50. The average Bonchev–Trinajstić information content (AvgIpc) is 3.30. The van der Waals surface area contributed by atoms with E-state index in [0.29, 0.717) is 11.1 Å². The first kappa shape index (κ1) is 17.3. The summed E-state index contributed by atoms with van der Waals surface area (Å²) in [6.07, 6.45) is 9.61. The summed E-state index contributed by atoms with van der Waals surface area (Å²) in [7, 11) is 1.76. The molecule has 0 atom stereocenters. The first-order chi connectivity index (χ1) is 11.6. The van der Waals surface area contributed by atoms with Crippen molar-refractivity contribution in [3.8, 4) is 6.07 Å². The fourth-order valence-electron chi connectivity index (χ4n) is 3.83. The third-order valence-electron chi connectivity index (χ3n) is 5.45. The molecular weight excluding hydrogens is 322 g/mol. The van der Waals surface area contributed by atoms with Crippen molar-refractivity contribution in [3.05, 3.63) is 5.82 Å². The van der Waals surface area contributed by atoms with Gasteiger partial charge in [-0.15, -0.1) is 5.10 Å². The molecule has 2 saturated carbocycles. The number of thioether (sulfide) groups is 1. The fraction of sp³-hybridized carbons (Fsp3) is 0.765. The van der Waals surface area contributed by atoms with Gasteiger partial charge in [-0.2, -0.15) is 5.26 Å². The summed E-state index contributed by atoms with van der Waals surface area (Å²) in [5, 5.41) is 17.5. The number of nitrogens with one attached hydrogen (secondary N) is 1. The lowest BCUT2D eigenvalue weighted by Gasteiger charge is -2.38. The number of aromatic nitrogens is 3. The van der Waals surface area contributed by atoms with Gasteiger partial charge in [0.1, 0.15) is 11.4 Å². The van der Waals surface area contributed by atoms with Crippen LogP contribution in [0, 0.1) is 11.3 Å². The van der Waals surface area contributed by atoms with Gasteiger partial charge < -0.3 is 4.90 Å². The van der Waals surface area contributed by atoms with E-state index in [1.165, 1.54) is 37.4 Å². The molecule has 2 fully saturated rings. The standard InChI is InChI=1S/C17H25N5OS/c1-22(17(12-18)9-5-2-6-10-17)14(23)11-24-16-19-15(20-21-16)13-7-3-4-8-13/h13H,2-11H2,1H3,(H,19,20,21). The molecule has 7 heteroatoms. The second-order valence-electron chi connectivity index (χ2n) is 6.93. The van der Waals surface area contributed by atoms with Gasteiger partial charge in [0, 0.05) is 13.0 Å². The number of H-pyrrole nitrogens is 1. The zero-order chi connectivity index (χ0) is 17.0. The molecule has 24 heavy (non-hydrogen) atoms. The van der Waals surface area contributed by atoms with E-state index in [2.05, 4.69) is 21.3 Å². The number of carbonyl (C=O) groups excluding carboxylic acids is 1. The van der Waals surface area contributed by atoms with Crippen molar-refractivity contribution >= 4 is 17.7 Å². The molecule has 1 aromatic heterocycles. The molecule has 0 saturated heterocycles. The first-order valence-electron chi connectivity index (χ1n) is 8.88. The summed E-state index contributed by atoms with van der Waals surface area (Å²) in [5.74, 6) is 1.71. The van der Waals surface area contributed by atoms with Crippen LogP contribution in [0.3, 0.4) is 0 Å². The molecule has 0 unspecified atom stereocenters. The lowest BCUT2D eigenvalue weighted by atomic mass is 9.81. The second kappa shape index (κ2) is 7.56. The Kier molecular flexibility index (Phi) is 5.44. The highest BCUT2D eigenvalue weighted by Gasteiger charge is 2.38. The molecule has 0 bridgehead atoms. The average molecular weight is 347 g/mol. The third-order valence-corrected chi connectivity index (χ3v) is 6.29. The Bertz CT molecular complexity index is 611. The quantitative estimate of drug-likeness (QED) is 0.826. The van der Waals surface area contributed by atoms with Gasteiger partial charge in [-0.25, -0.2) is 4.98 Å². The molecule has 0 spiro atoms. The number of aromatic amines is 1. The van der Waals surface area contributed by atoms with Gasteiger partial charge in [0.25, 0.3) is 0 Å². The van der Waals surface area contributed by atoms with E-state index in [1.807, 2.05) is 0 Å². The predicted octanol–water partition coefficient (Wildman–Crippen LogP) is 3.24. The van der Waals surface area contributed by atoms with Crippen LogP contribution in [-0.4, -0.2) is 44.3 Å². The van der Waals surface area contributed by atoms with Crippen LogP contribution in [0.25, 0.3) is 0 Å². The molecule has 0 aliphatic heterocycles. The number of carbonyl (C=O) groups is 1. The summed E-state index contributed by atoms with van der Waals surface area (Å²) in [6, 6.07) is 2.40. The third kappa shape index (κ3) is 3.59. The Hall–Kier alpha value is -1.55. The van der Waals surface area contributed by atoms with Crippen LogP contribution in [0.15, 0.2) is 5.16 Å². The van der Waals surface area contributed by atoms with Crippen LogP contribution in [0.4, 0.5) is 0 Å². The SMILES string of the molecule is CN(C(=O)CSc1n[nH]c(C2CCCC2)n1)C1(C#N)CCCCC1. The van der Waals surface area contributed by atoms with Crippen LogP contribution in [-0.2, 0) is 4.79 Å². The lowest BCUT2D eigenvalue weighted by molar-refractivity contribution is -0.131. The molecule has 1 amide bonds. The number of nitrogens with zero attached hydrogens (tertiary/aromatic N) is 4. The molecule has 1 N–H and O–H groups in total. The molecule has 1 aromatic rings. The molecule has 0 radical (unpaired) electrons. The minimum absolute atomic E-state index is 0.0179. The molecule has 130 valence electrons. The van der Waals surface area contributed by atoms with E-state index in [0.717, 1.165) is 37.9 Å². The fourth-order valence-corrected chi connectivity index (χ4v) is 4.54. The molecule has 2 aliphatic carbocycles. The number of hydrogen-bond donors (Lipinski definition) is 1. The zero-order valence-corrected chi connectivity index (χ0v) is 15.1. The highest BCUT2D eigenvalue weighted by Crippen LogP contribution is 2.34. The molecular formula is C17H25N5OS. The Morgan fingerprint density at radius 2 is 2.04 bits per heavy atom. The summed E-state index contributed by atoms with van der Waals surface area (Å²) in [6.45, 7) is 0. The van der Waals surface area contributed by atoms with Gasteiger partial charge in [0.2, 0.25) is 11.1 Å². The van der Waals surface area contributed by atoms with Gasteiger partial charge in [-0.3, -0.25) is 9.89 Å². The van der Waals surface area contributed by atoms with Crippen LogP contribution >= 0.6 is 11.8 Å². The maximum absolute atomic E-state index is 12.5. The highest BCUT2D eigenvalue weighted by molar-refractivity contribution is 7.99. The highest BCUT2D eigenvalue weighted by atomic mass is 32.2. The number of rotatable bonds is 5. The number of amides is 1. The van der Waals surface area contributed by atoms with Crippen molar-refractivity contribution in [2.75, 3.05) is 12.8 Å². The van der Waals surface area contributed by atoms with Crippen LogP contribution in [0.5, 0.6) is 0 Å². The Labute approximate surface area is 147 Å². The van der Waals surface area contributed by atoms with Gasteiger partial charge >= 0.3 is 0 Å². The van der Waals surface area contributed by atoms with Crippen molar-refractivity contribution in [3.63, 3.8) is 0 Å². The van der Waals surface area contributed by atoms with E-state index in [9.17, 15) is 10.1 Å². The van der Waals surface area contributed by atoms with Crippen molar-refractivity contribution in [2.24, 2.45) is 0 Å². The van der Waals surface area contributed by atoms with Crippen LogP contribution in [0.1, 0.15) is 69.5 Å². The zero-order valence-electron chi connectivity index (χ0n) is 14.3. The summed E-state index contributed by atoms with van der Waals surface area (Å²) >= 11 is 1.36. The minimum atomic E-state index is -0.621. The van der Waals surface area contributed by atoms with Crippen molar-refractivity contribution in [1.29, 1.82) is 5.26 Å². The maximum Gasteiger partial charge on any atom is 0.234 e. The molecule has 1 heterocycles. The Morgan fingerprint density at radius 1 is 1.33 bits per heavy atom. The van der Waals surface area contributed by atoms with E-state index in [1.54, 1.807) is 11.9 Å². The Balaban J connectivity index is 1.56. The van der Waals surface area contributed by atoms with E-state index >= 15 is 0 Å². The maximum atomic E-state index is 12.5. The summed E-state index contributed by atoms with van der Waals surface area (Å²) in [5.41, 5.74) is -0.621. The summed E-state index contributed by atoms with van der Waals surface area (Å²) in [4.78, 5) is 18.7. The minimum Gasteiger partial charge on any atom is -0.326 e. The Morgan fingerprint density at radius 3 is 2.71 bits per heavy atom. The van der Waals surface area contributed by atoms with Crippen molar-refractivity contribution < 1.29 is 4.79 Å². The molecule has 6 nitrogen and oxygen atoms in total. The second-order valence-corrected chi connectivity index (χ2v) is 7.87. The van der Waals surface area contributed by atoms with Crippen molar-refractivity contribution in [2.45, 2.75) is 74.4 Å².